The van der Waals surface area contributed by atoms with E-state index in [0.717, 1.165) is 11.8 Å². The minimum absolute atomic E-state index is 0.0284. The minimum atomic E-state index is -5.19. The quantitative estimate of drug-likeness (QED) is 0.128. The van der Waals surface area contributed by atoms with Gasteiger partial charge in [0.15, 0.2) is 18.9 Å². The number of carbonyl (C=O) groups is 5. The summed E-state index contributed by atoms with van der Waals surface area (Å²) in [5, 5.41) is 24.4. The van der Waals surface area contributed by atoms with Crippen molar-refractivity contribution in [3.63, 3.8) is 0 Å². The van der Waals surface area contributed by atoms with Crippen LogP contribution in [0.3, 0.4) is 0 Å². The summed E-state index contributed by atoms with van der Waals surface area (Å²) in [6.07, 6.45) is -1.82. The number of carboxylic acids is 2. The lowest BCUT2D eigenvalue weighted by Crippen LogP contribution is -2.70. The first-order valence-corrected chi connectivity index (χ1v) is 15.4. The summed E-state index contributed by atoms with van der Waals surface area (Å²) in [7, 11) is 0. The molecule has 20 heteroatoms. The first-order valence-electron chi connectivity index (χ1n) is 12.3. The molecule has 242 valence electrons. The number of nitrogens with one attached hydrogen (secondary N) is 2. The number of hydrogen-bond donors (Lipinski definition) is 4. The minimum Gasteiger partial charge on any atom is -0.542 e. The second kappa shape index (κ2) is 15.4. The number of anilines is 1. The maximum Gasteiger partial charge on any atom is 0.430 e. The summed E-state index contributed by atoms with van der Waals surface area (Å²) in [4.78, 5) is 59.8. The van der Waals surface area contributed by atoms with Crippen molar-refractivity contribution in [3.8, 4) is 0 Å². The lowest BCUT2D eigenvalue weighted by atomic mass is 10.0. The molecule has 0 spiro atoms. The van der Waals surface area contributed by atoms with E-state index in [1.54, 1.807) is 35.2 Å². The molecule has 1 aromatic heterocycles. The topological polar surface area (TPSA) is 186 Å². The molecule has 4 rings (SSSR count). The highest BCUT2D eigenvalue weighted by molar-refractivity contribution is 8.00. The number of fused-ring (bicyclic) bond motifs is 1. The summed E-state index contributed by atoms with van der Waals surface area (Å²) in [5.74, 6) is -5.20. The number of nitrogens with two attached hydrogens (primary N) is 1. The zero-order chi connectivity index (χ0) is 33.6. The molecule has 0 unspecified atom stereocenters. The lowest BCUT2D eigenvalue weighted by Gasteiger charge is -2.49. The molecule has 1 aromatic carbocycles. The summed E-state index contributed by atoms with van der Waals surface area (Å²) >= 11 is 20.6. The van der Waals surface area contributed by atoms with Crippen LogP contribution in [0.4, 0.5) is 18.9 Å². The predicted octanol–water partition coefficient (Wildman–Crippen LogP) is 1.66. The zero-order valence-electron chi connectivity index (χ0n) is 22.4. The number of halogens is 6. The van der Waals surface area contributed by atoms with Crippen molar-refractivity contribution in [2.45, 2.75) is 29.0 Å². The molecule has 2 aromatic rings. The highest BCUT2D eigenvalue weighted by Crippen LogP contribution is 2.41. The van der Waals surface area contributed by atoms with Crippen molar-refractivity contribution >= 4 is 93.7 Å². The molecular formula is C25H21Cl3F3N5O7S2. The highest BCUT2D eigenvalue weighted by atomic mass is 35.5. The molecule has 3 amide bonds. The van der Waals surface area contributed by atoms with Gasteiger partial charge in [-0.3, -0.25) is 19.3 Å². The van der Waals surface area contributed by atoms with E-state index >= 15 is 0 Å². The average molecular weight is 731 g/mol. The third kappa shape index (κ3) is 9.40. The van der Waals surface area contributed by atoms with E-state index in [1.807, 2.05) is 0 Å². The Morgan fingerprint density at radius 2 is 1.80 bits per heavy atom. The van der Waals surface area contributed by atoms with E-state index in [4.69, 9.17) is 50.4 Å². The number of nitrogens with zero attached hydrogens (tertiary/aromatic N) is 2. The number of carboxylic acid groups (broad SMARTS) is 2. The van der Waals surface area contributed by atoms with Gasteiger partial charge >= 0.3 is 12.1 Å². The van der Waals surface area contributed by atoms with Crippen molar-refractivity contribution in [1.29, 1.82) is 0 Å². The number of benzene rings is 1. The predicted molar refractivity (Wildman–Crippen MR) is 157 cm³/mol. The molecule has 5 N–H and O–H groups in total. The third-order valence-corrected chi connectivity index (χ3v) is 9.37. The summed E-state index contributed by atoms with van der Waals surface area (Å²) in [6.45, 7) is 0.0213. The van der Waals surface area contributed by atoms with Gasteiger partial charge in [0.05, 0.1) is 27.4 Å². The number of rotatable bonds is 9. The van der Waals surface area contributed by atoms with Gasteiger partial charge in [-0.15, -0.1) is 23.5 Å². The number of β-lactam (4-membered cyclic amide) rings is 1. The second-order valence-electron chi connectivity index (χ2n) is 9.00. The summed E-state index contributed by atoms with van der Waals surface area (Å²) in [5.41, 5.74) is 6.25. The van der Waals surface area contributed by atoms with Crippen molar-refractivity contribution in [3.05, 3.63) is 63.0 Å². The number of amides is 3. The molecule has 12 nitrogen and oxygen atoms in total. The molecule has 3 heterocycles. The zero-order valence-corrected chi connectivity index (χ0v) is 26.3. The van der Waals surface area contributed by atoms with Crippen LogP contribution in [0.2, 0.25) is 15.1 Å². The van der Waals surface area contributed by atoms with Gasteiger partial charge in [0, 0.05) is 22.3 Å². The van der Waals surface area contributed by atoms with Gasteiger partial charge in [-0.2, -0.15) is 17.7 Å². The number of carbonyl (C=O) groups excluding carboxylic acids is 4. The Hall–Kier alpha value is -3.22. The van der Waals surface area contributed by atoms with Gasteiger partial charge in [0.25, 0.3) is 5.91 Å². The number of pyridine rings is 1. The van der Waals surface area contributed by atoms with Crippen LogP contribution in [-0.2, 0) is 30.5 Å². The fourth-order valence-electron chi connectivity index (χ4n) is 3.90. The number of alkyl halides is 3. The van der Waals surface area contributed by atoms with Crippen LogP contribution >= 0.6 is 58.3 Å². The SMILES string of the molecule is NCC(=O)Nc1ccc[n+](CC2=C(C(=O)O)N3C(=O)[C@H](NC(=O)CSc4cc(Cl)c(Cl)cc4Cl)[C@H]3SC2)c1.O=C([O-])C(F)(F)F. The standard InChI is InChI=1S/C23H20Cl3N5O5S2.C2HF3O2/c24-13-4-15(26)16(5-14(13)25)37-10-18(33)29-19-21(34)31-20(23(35)36)11(9-38-22(19)31)7-30-3-1-2-12(8-30)28-17(32)6-27;3-2(4,5)1(6)7/h1-5,8,19,22H,6-7,9-10,27H2,(H2-,28,29,32,33,35,36);(H,6,7)/t19-,22+;/m0./s1. The molecule has 1 fully saturated rings. The van der Waals surface area contributed by atoms with Crippen LogP contribution in [-0.4, -0.2) is 75.3 Å². The molecule has 0 aliphatic carbocycles. The van der Waals surface area contributed by atoms with E-state index in [-0.39, 0.29) is 30.4 Å². The Balaban J connectivity index is 0.000000707. The third-order valence-electron chi connectivity index (χ3n) is 5.83. The van der Waals surface area contributed by atoms with Gasteiger partial charge in [0.2, 0.25) is 11.8 Å². The van der Waals surface area contributed by atoms with E-state index in [9.17, 15) is 37.5 Å². The summed E-state index contributed by atoms with van der Waals surface area (Å²) in [6, 6.07) is 5.58. The van der Waals surface area contributed by atoms with Crippen LogP contribution in [0.1, 0.15) is 0 Å². The number of thioether (sulfide) groups is 2. The van der Waals surface area contributed by atoms with Gasteiger partial charge in [-0.25, -0.2) is 4.79 Å². The molecule has 1 saturated heterocycles. The normalized spacial score (nSPS) is 17.4. The first kappa shape index (κ1) is 36.3. The van der Waals surface area contributed by atoms with Gasteiger partial charge in [-0.05, 0) is 18.2 Å². The Morgan fingerprint density at radius 1 is 1.16 bits per heavy atom. The molecule has 2 aliphatic rings. The fourth-order valence-corrected chi connectivity index (χ4v) is 6.78. The fraction of sp³-hybridized carbons (Fsp3) is 0.280. The van der Waals surface area contributed by atoms with Crippen LogP contribution in [0, 0.1) is 0 Å². The second-order valence-corrected chi connectivity index (χ2v) is 12.3. The van der Waals surface area contributed by atoms with Gasteiger partial charge < -0.3 is 31.4 Å². The van der Waals surface area contributed by atoms with Gasteiger partial charge in [0.1, 0.15) is 28.8 Å². The molecule has 2 aliphatic heterocycles. The Kier molecular flexibility index (Phi) is 12.4. The molecule has 0 bridgehead atoms. The average Bonchev–Trinajstić information content (AvgIpc) is 2.96. The van der Waals surface area contributed by atoms with Crippen LogP contribution in [0.5, 0.6) is 0 Å². The molecular weight excluding hydrogens is 710 g/mol. The first-order chi connectivity index (χ1) is 21.0. The van der Waals surface area contributed by atoms with E-state index < -0.39 is 41.3 Å². The Morgan fingerprint density at radius 3 is 2.40 bits per heavy atom. The highest BCUT2D eigenvalue weighted by Gasteiger charge is 2.54. The van der Waals surface area contributed by atoms with Crippen molar-refractivity contribution < 1.29 is 51.9 Å². The smallest absolute Gasteiger partial charge is 0.430 e. The van der Waals surface area contributed by atoms with Crippen molar-refractivity contribution in [1.82, 2.24) is 10.2 Å². The largest absolute Gasteiger partial charge is 0.542 e. The number of aromatic nitrogens is 1. The maximum atomic E-state index is 12.9. The Labute approximate surface area is 276 Å². The molecule has 2 atom stereocenters. The maximum absolute atomic E-state index is 12.9. The van der Waals surface area contributed by atoms with Crippen LogP contribution < -0.4 is 26.0 Å². The molecule has 0 saturated carbocycles. The van der Waals surface area contributed by atoms with E-state index in [0.29, 0.717) is 37.0 Å². The van der Waals surface area contributed by atoms with Crippen molar-refractivity contribution in [2.24, 2.45) is 5.73 Å². The monoisotopic (exact) mass is 729 g/mol. The van der Waals surface area contributed by atoms with Crippen LogP contribution in [0.25, 0.3) is 0 Å². The molecule has 45 heavy (non-hydrogen) atoms. The number of aliphatic carboxylic acids is 2. The van der Waals surface area contributed by atoms with Gasteiger partial charge in [-0.1, -0.05) is 34.8 Å². The molecule has 0 radical (unpaired) electrons. The van der Waals surface area contributed by atoms with Crippen molar-refractivity contribution in [2.75, 3.05) is 23.4 Å². The van der Waals surface area contributed by atoms with E-state index in [2.05, 4.69) is 10.6 Å². The Bertz CT molecular complexity index is 1560. The summed E-state index contributed by atoms with van der Waals surface area (Å²) < 4.78 is 33.3. The number of hydrogen-bond acceptors (Lipinski definition) is 9. The van der Waals surface area contributed by atoms with Crippen LogP contribution in [0.15, 0.2) is 52.8 Å². The van der Waals surface area contributed by atoms with E-state index in [1.165, 1.54) is 22.7 Å². The lowest BCUT2D eigenvalue weighted by molar-refractivity contribution is -0.688.